The van der Waals surface area contributed by atoms with Gasteiger partial charge in [0.1, 0.15) is 0 Å². The van der Waals surface area contributed by atoms with E-state index < -0.39 is 12.1 Å². The molecular formula is C13H14N2O4. The first-order chi connectivity index (χ1) is 9.11. The third-order valence-electron chi connectivity index (χ3n) is 2.82. The summed E-state index contributed by atoms with van der Waals surface area (Å²) >= 11 is 0. The van der Waals surface area contributed by atoms with Crippen molar-refractivity contribution in [3.05, 3.63) is 36.0 Å². The molecule has 1 amide bonds. The van der Waals surface area contributed by atoms with E-state index in [4.69, 9.17) is 9.84 Å². The van der Waals surface area contributed by atoms with Crippen LogP contribution in [0.15, 0.2) is 30.5 Å². The zero-order valence-corrected chi connectivity index (χ0v) is 10.3. The van der Waals surface area contributed by atoms with Crippen molar-refractivity contribution in [2.24, 2.45) is 0 Å². The molecule has 0 radical (unpaired) electrons. The minimum absolute atomic E-state index is 0.0736. The van der Waals surface area contributed by atoms with Crippen LogP contribution in [0.4, 0.5) is 0 Å². The number of nitrogens with one attached hydrogen (secondary N) is 2. The maximum absolute atomic E-state index is 11.9. The number of H-pyrrole nitrogens is 1. The molecule has 100 valence electrons. The molecule has 6 heteroatoms. The Hall–Kier alpha value is -2.34. The SMILES string of the molecule is COC(CNC(=O)c1ccc2[nH]ccc2c1)C(=O)O. The number of hydrogen-bond donors (Lipinski definition) is 3. The molecule has 2 rings (SSSR count). The van der Waals surface area contributed by atoms with Crippen molar-refractivity contribution in [1.82, 2.24) is 10.3 Å². The molecule has 0 aliphatic carbocycles. The summed E-state index contributed by atoms with van der Waals surface area (Å²) in [5.74, 6) is -1.43. The zero-order valence-electron chi connectivity index (χ0n) is 10.3. The van der Waals surface area contributed by atoms with Gasteiger partial charge in [-0.3, -0.25) is 4.79 Å². The van der Waals surface area contributed by atoms with Gasteiger partial charge in [-0.1, -0.05) is 0 Å². The molecular weight excluding hydrogens is 248 g/mol. The molecule has 0 aliphatic heterocycles. The van der Waals surface area contributed by atoms with E-state index in [2.05, 4.69) is 10.3 Å². The van der Waals surface area contributed by atoms with Gasteiger partial charge in [-0.15, -0.1) is 0 Å². The van der Waals surface area contributed by atoms with Crippen molar-refractivity contribution in [2.45, 2.75) is 6.10 Å². The smallest absolute Gasteiger partial charge is 0.334 e. The molecule has 0 spiro atoms. The predicted octanol–water partition coefficient (Wildman–Crippen LogP) is 0.997. The number of ether oxygens (including phenoxy) is 1. The highest BCUT2D eigenvalue weighted by Gasteiger charge is 2.17. The second kappa shape index (κ2) is 5.53. The van der Waals surface area contributed by atoms with E-state index in [9.17, 15) is 9.59 Å². The summed E-state index contributed by atoms with van der Waals surface area (Å²) in [6.45, 7) is -0.0736. The summed E-state index contributed by atoms with van der Waals surface area (Å²) in [5, 5.41) is 12.2. The zero-order chi connectivity index (χ0) is 13.8. The van der Waals surface area contributed by atoms with E-state index in [1.807, 2.05) is 6.07 Å². The number of carboxylic acid groups (broad SMARTS) is 1. The van der Waals surface area contributed by atoms with Crippen molar-refractivity contribution < 1.29 is 19.4 Å². The highest BCUT2D eigenvalue weighted by molar-refractivity contribution is 5.98. The van der Waals surface area contributed by atoms with Crippen LogP contribution in [0.3, 0.4) is 0 Å². The molecule has 1 unspecified atom stereocenters. The summed E-state index contributed by atoms with van der Waals surface area (Å²) < 4.78 is 4.74. The van der Waals surface area contributed by atoms with E-state index in [1.54, 1.807) is 24.4 Å². The lowest BCUT2D eigenvalue weighted by molar-refractivity contribution is -0.148. The Morgan fingerprint density at radius 2 is 2.21 bits per heavy atom. The molecule has 3 N–H and O–H groups in total. The fourth-order valence-corrected chi connectivity index (χ4v) is 1.75. The van der Waals surface area contributed by atoms with Crippen LogP contribution < -0.4 is 5.32 Å². The molecule has 19 heavy (non-hydrogen) atoms. The van der Waals surface area contributed by atoms with E-state index in [0.29, 0.717) is 5.56 Å². The van der Waals surface area contributed by atoms with Gasteiger partial charge in [0.25, 0.3) is 5.91 Å². The van der Waals surface area contributed by atoms with E-state index in [1.165, 1.54) is 7.11 Å². The van der Waals surface area contributed by atoms with Gasteiger partial charge in [0.15, 0.2) is 6.10 Å². The number of methoxy groups -OCH3 is 1. The van der Waals surface area contributed by atoms with Crippen LogP contribution in [0.1, 0.15) is 10.4 Å². The Labute approximate surface area is 109 Å². The van der Waals surface area contributed by atoms with Gasteiger partial charge in [0, 0.05) is 29.8 Å². The standard InChI is InChI=1S/C13H14N2O4/c1-19-11(13(17)18)7-15-12(16)9-2-3-10-8(6-9)4-5-14-10/h2-6,11,14H,7H2,1H3,(H,15,16)(H,17,18). The summed E-state index contributed by atoms with van der Waals surface area (Å²) in [7, 11) is 1.29. The summed E-state index contributed by atoms with van der Waals surface area (Å²) in [6.07, 6.45) is 0.748. The van der Waals surface area contributed by atoms with E-state index >= 15 is 0 Å². The van der Waals surface area contributed by atoms with Crippen LogP contribution in [0.2, 0.25) is 0 Å². The fraction of sp³-hybridized carbons (Fsp3) is 0.231. The average Bonchev–Trinajstić information content (AvgIpc) is 2.85. The third-order valence-corrected chi connectivity index (χ3v) is 2.82. The average molecular weight is 262 g/mol. The number of aliphatic carboxylic acids is 1. The largest absolute Gasteiger partial charge is 0.479 e. The topological polar surface area (TPSA) is 91.4 Å². The number of carboxylic acids is 1. The normalized spacial score (nSPS) is 12.3. The molecule has 0 aliphatic rings. The van der Waals surface area contributed by atoms with Gasteiger partial charge in [0.2, 0.25) is 0 Å². The first-order valence-corrected chi connectivity index (χ1v) is 5.72. The maximum Gasteiger partial charge on any atom is 0.334 e. The lowest BCUT2D eigenvalue weighted by Crippen LogP contribution is -2.37. The van der Waals surface area contributed by atoms with Crippen molar-refractivity contribution in [2.75, 3.05) is 13.7 Å². The van der Waals surface area contributed by atoms with Crippen LogP contribution in [0.25, 0.3) is 10.9 Å². The Morgan fingerprint density at radius 1 is 1.42 bits per heavy atom. The lowest BCUT2D eigenvalue weighted by Gasteiger charge is -2.11. The van der Waals surface area contributed by atoms with Crippen LogP contribution in [0, 0.1) is 0 Å². The van der Waals surface area contributed by atoms with Gasteiger partial charge < -0.3 is 20.1 Å². The van der Waals surface area contributed by atoms with E-state index in [0.717, 1.165) is 10.9 Å². The highest BCUT2D eigenvalue weighted by Crippen LogP contribution is 2.14. The fourth-order valence-electron chi connectivity index (χ4n) is 1.75. The summed E-state index contributed by atoms with van der Waals surface area (Å²) in [4.78, 5) is 25.7. The molecule has 0 bridgehead atoms. The van der Waals surface area contributed by atoms with Crippen molar-refractivity contribution in [1.29, 1.82) is 0 Å². The Balaban J connectivity index is 2.05. The predicted molar refractivity (Wildman–Crippen MR) is 69.1 cm³/mol. The summed E-state index contributed by atoms with van der Waals surface area (Å²) in [6, 6.07) is 7.08. The molecule has 0 fully saturated rings. The minimum atomic E-state index is -1.11. The second-order valence-electron chi connectivity index (χ2n) is 4.05. The first-order valence-electron chi connectivity index (χ1n) is 5.72. The number of rotatable bonds is 5. The van der Waals surface area contributed by atoms with Crippen LogP contribution in [-0.4, -0.2) is 41.7 Å². The molecule has 1 aromatic carbocycles. The van der Waals surface area contributed by atoms with Crippen molar-refractivity contribution >= 4 is 22.8 Å². The second-order valence-corrected chi connectivity index (χ2v) is 4.05. The molecule has 2 aromatic rings. The Bertz CT molecular complexity index is 605. The number of hydrogen-bond acceptors (Lipinski definition) is 3. The molecule has 1 heterocycles. The number of aromatic nitrogens is 1. The monoisotopic (exact) mass is 262 g/mol. The molecule has 6 nitrogen and oxygen atoms in total. The van der Waals surface area contributed by atoms with Crippen LogP contribution in [-0.2, 0) is 9.53 Å². The van der Waals surface area contributed by atoms with Crippen molar-refractivity contribution in [3.8, 4) is 0 Å². The quantitative estimate of drug-likeness (QED) is 0.749. The van der Waals surface area contributed by atoms with Crippen LogP contribution >= 0.6 is 0 Å². The number of fused-ring (bicyclic) bond motifs is 1. The molecule has 0 saturated carbocycles. The highest BCUT2D eigenvalue weighted by atomic mass is 16.5. The van der Waals surface area contributed by atoms with Gasteiger partial charge in [-0.2, -0.15) is 0 Å². The number of carbonyl (C=O) groups excluding carboxylic acids is 1. The maximum atomic E-state index is 11.9. The molecule has 1 atom stereocenters. The first kappa shape index (κ1) is 13.1. The Kier molecular flexibility index (Phi) is 3.82. The Morgan fingerprint density at radius 3 is 2.89 bits per heavy atom. The number of amides is 1. The van der Waals surface area contributed by atoms with E-state index in [-0.39, 0.29) is 12.5 Å². The number of benzene rings is 1. The molecule has 1 aromatic heterocycles. The number of carbonyl (C=O) groups is 2. The number of aromatic amines is 1. The van der Waals surface area contributed by atoms with Gasteiger partial charge in [-0.25, -0.2) is 4.79 Å². The molecule has 0 saturated heterocycles. The van der Waals surface area contributed by atoms with Crippen molar-refractivity contribution in [3.63, 3.8) is 0 Å². The third kappa shape index (κ3) is 2.92. The summed E-state index contributed by atoms with van der Waals surface area (Å²) in [5.41, 5.74) is 1.42. The lowest BCUT2D eigenvalue weighted by atomic mass is 10.1. The van der Waals surface area contributed by atoms with Crippen LogP contribution in [0.5, 0.6) is 0 Å². The van der Waals surface area contributed by atoms with Gasteiger partial charge in [0.05, 0.1) is 6.54 Å². The minimum Gasteiger partial charge on any atom is -0.479 e. The van der Waals surface area contributed by atoms with Gasteiger partial charge in [-0.05, 0) is 24.3 Å². The van der Waals surface area contributed by atoms with Gasteiger partial charge >= 0.3 is 5.97 Å².